The fourth-order valence-corrected chi connectivity index (χ4v) is 7.41. The van der Waals surface area contributed by atoms with Gasteiger partial charge in [0.15, 0.2) is 0 Å². The minimum Gasteiger partial charge on any atom is -0.478 e. The molecule has 2 bridgehead atoms. The number of hydrogen-bond donors (Lipinski definition) is 3. The fourth-order valence-electron chi connectivity index (χ4n) is 7.41. The molecule has 3 aliphatic rings. The largest absolute Gasteiger partial charge is 0.478 e. The Hall–Kier alpha value is -5.06. The fraction of sp³-hybridized carbons (Fsp3) is 0.366. The van der Waals surface area contributed by atoms with Crippen LogP contribution in [0.3, 0.4) is 0 Å². The molecule has 2 aliphatic heterocycles. The molecular formula is C41H48N4O6. The molecule has 3 N–H and O–H groups in total. The molecule has 7 rings (SSSR count). The van der Waals surface area contributed by atoms with E-state index in [9.17, 15) is 14.4 Å². The first-order valence-corrected chi connectivity index (χ1v) is 17.5. The van der Waals surface area contributed by atoms with Crippen molar-refractivity contribution in [3.8, 4) is 0 Å². The van der Waals surface area contributed by atoms with Gasteiger partial charge in [0.1, 0.15) is 6.10 Å². The smallest absolute Gasteiger partial charge is 0.340 e. The van der Waals surface area contributed by atoms with Gasteiger partial charge in [-0.25, -0.2) is 14.4 Å². The Kier molecular flexibility index (Phi) is 12.6. The van der Waals surface area contributed by atoms with E-state index in [4.69, 9.17) is 14.9 Å². The molecule has 2 unspecified atom stereocenters. The number of carbonyl (C=O) groups excluding carboxylic acids is 1. The number of hydrogen-bond acceptors (Lipinski definition) is 7. The van der Waals surface area contributed by atoms with Gasteiger partial charge in [-0.2, -0.15) is 0 Å². The Morgan fingerprint density at radius 2 is 1.61 bits per heavy atom. The van der Waals surface area contributed by atoms with Gasteiger partial charge >= 0.3 is 17.9 Å². The summed E-state index contributed by atoms with van der Waals surface area (Å²) in [6.07, 6.45) is 11.5. The maximum atomic E-state index is 12.4. The molecule has 10 heteroatoms. The number of pyridine rings is 1. The van der Waals surface area contributed by atoms with Crippen LogP contribution in [0, 0.1) is 0 Å². The summed E-state index contributed by atoms with van der Waals surface area (Å²) in [6.45, 7) is 3.39. The van der Waals surface area contributed by atoms with Crippen molar-refractivity contribution in [3.05, 3.63) is 119 Å². The van der Waals surface area contributed by atoms with Gasteiger partial charge in [-0.3, -0.25) is 4.98 Å². The molecule has 10 nitrogen and oxygen atoms in total. The molecule has 0 spiro atoms. The van der Waals surface area contributed by atoms with Gasteiger partial charge in [-0.15, -0.1) is 0 Å². The Balaban J connectivity index is 0.000000164. The highest BCUT2D eigenvalue weighted by Gasteiger charge is 2.40. The molecule has 4 atom stereocenters. The van der Waals surface area contributed by atoms with Crippen molar-refractivity contribution in [2.75, 3.05) is 27.7 Å². The van der Waals surface area contributed by atoms with Gasteiger partial charge in [0.05, 0.1) is 5.56 Å². The standard InChI is InChI=1S/C20H24N2.C17H20N2O2.C4H4O4/c1-15(19-10-6-7-12-21-19)20-17(11-13-22(2)3)14-16-8-4-5-9-18(16)20;1-19-11-6-7-12(19)9-13(8-11)21-17(20)15-10-18-16-5-3-2-4-14(15)16;5-3(6)1-2-4(7)8/h4-10,12,15H,11,13-14H2,1-3H3;2-5,10-13,18H,6-9H2,1H3;1-2H,(H,5,6)(H,7,8)/b;;2-1-/t;11-,12+,13?;. The summed E-state index contributed by atoms with van der Waals surface area (Å²) < 4.78 is 5.79. The highest BCUT2D eigenvalue weighted by Crippen LogP contribution is 2.42. The number of carboxylic acid groups (broad SMARTS) is 2. The first-order chi connectivity index (χ1) is 24.5. The average molecular weight is 693 g/mol. The second kappa shape index (κ2) is 17.2. The molecule has 4 heterocycles. The molecule has 0 radical (unpaired) electrons. The van der Waals surface area contributed by atoms with Crippen molar-refractivity contribution in [1.29, 1.82) is 0 Å². The number of para-hydroxylation sites is 1. The lowest BCUT2D eigenvalue weighted by atomic mass is 9.89. The van der Waals surface area contributed by atoms with E-state index >= 15 is 0 Å². The minimum atomic E-state index is -1.26. The Labute approximate surface area is 299 Å². The number of carboxylic acids is 2. The van der Waals surface area contributed by atoms with Crippen LogP contribution in [0.25, 0.3) is 16.5 Å². The molecule has 2 aromatic heterocycles. The summed E-state index contributed by atoms with van der Waals surface area (Å²) in [4.78, 5) is 44.0. The van der Waals surface area contributed by atoms with Crippen molar-refractivity contribution in [3.63, 3.8) is 0 Å². The number of esters is 1. The molecule has 2 aromatic carbocycles. The number of piperidine rings is 1. The van der Waals surface area contributed by atoms with Crippen LogP contribution >= 0.6 is 0 Å². The second-order valence-electron chi connectivity index (χ2n) is 13.7. The maximum absolute atomic E-state index is 12.4. The highest BCUT2D eigenvalue weighted by atomic mass is 16.5. The quantitative estimate of drug-likeness (QED) is 0.128. The van der Waals surface area contributed by atoms with Crippen LogP contribution < -0.4 is 0 Å². The Morgan fingerprint density at radius 3 is 2.25 bits per heavy atom. The van der Waals surface area contributed by atoms with Crippen LogP contribution in [0.4, 0.5) is 0 Å². The number of aromatic amines is 1. The molecule has 0 amide bonds. The SMILES string of the molecule is CC(C1=C(CCN(C)C)Cc2ccccc21)c1ccccn1.CN1[C@@H]2CC[C@H]1CC(OC(=O)c1c[nH]c3ccccc13)C2.O=C(O)/C=C\C(=O)O. The number of aliphatic carboxylic acids is 2. The van der Waals surface area contributed by atoms with E-state index in [1.165, 1.54) is 29.5 Å². The summed E-state index contributed by atoms with van der Waals surface area (Å²) in [6, 6.07) is 24.1. The number of aromatic nitrogens is 2. The molecule has 4 aromatic rings. The number of nitrogens with zero attached hydrogens (tertiary/aromatic N) is 3. The number of ether oxygens (including phenoxy) is 1. The lowest BCUT2D eigenvalue weighted by Crippen LogP contribution is -2.43. The number of fused-ring (bicyclic) bond motifs is 4. The van der Waals surface area contributed by atoms with E-state index < -0.39 is 11.9 Å². The summed E-state index contributed by atoms with van der Waals surface area (Å²) in [5.41, 5.74) is 8.76. The third-order valence-electron chi connectivity index (χ3n) is 10.0. The summed E-state index contributed by atoms with van der Waals surface area (Å²) >= 11 is 0. The van der Waals surface area contributed by atoms with Crippen LogP contribution in [-0.2, 0) is 20.7 Å². The molecule has 0 saturated carbocycles. The lowest BCUT2D eigenvalue weighted by molar-refractivity contribution is -0.134. The van der Waals surface area contributed by atoms with Gasteiger partial charge in [0.25, 0.3) is 0 Å². The van der Waals surface area contributed by atoms with Crippen LogP contribution in [-0.4, -0.2) is 93.8 Å². The number of nitrogens with one attached hydrogen (secondary N) is 1. The monoisotopic (exact) mass is 692 g/mol. The lowest BCUT2D eigenvalue weighted by Gasteiger charge is -2.35. The third-order valence-corrected chi connectivity index (χ3v) is 10.0. The molecule has 2 fully saturated rings. The van der Waals surface area contributed by atoms with Crippen molar-refractivity contribution < 1.29 is 29.3 Å². The van der Waals surface area contributed by atoms with Crippen LogP contribution in [0.15, 0.2) is 96.8 Å². The topological polar surface area (TPSA) is 136 Å². The number of rotatable bonds is 9. The first kappa shape index (κ1) is 37.2. The predicted molar refractivity (Wildman–Crippen MR) is 199 cm³/mol. The Bertz CT molecular complexity index is 1850. The second-order valence-corrected chi connectivity index (χ2v) is 13.7. The number of H-pyrrole nitrogens is 1. The van der Waals surface area contributed by atoms with E-state index in [1.54, 1.807) is 11.8 Å². The zero-order valence-corrected chi connectivity index (χ0v) is 29.8. The summed E-state index contributed by atoms with van der Waals surface area (Å²) in [5, 5.41) is 16.6. The van der Waals surface area contributed by atoms with E-state index in [0.29, 0.717) is 35.7 Å². The minimum absolute atomic E-state index is 0.0693. The Morgan fingerprint density at radius 1 is 0.961 bits per heavy atom. The van der Waals surface area contributed by atoms with Gasteiger partial charge < -0.3 is 29.7 Å². The van der Waals surface area contributed by atoms with Gasteiger partial charge in [0.2, 0.25) is 0 Å². The normalized spacial score (nSPS) is 20.0. The zero-order valence-electron chi connectivity index (χ0n) is 29.8. The summed E-state index contributed by atoms with van der Waals surface area (Å²) in [7, 11) is 6.48. The van der Waals surface area contributed by atoms with Gasteiger partial charge in [-0.05, 0) is 81.7 Å². The number of allylic oxidation sites excluding steroid dienone is 1. The van der Waals surface area contributed by atoms with Crippen molar-refractivity contribution in [1.82, 2.24) is 19.8 Å². The molecular weight excluding hydrogens is 644 g/mol. The number of benzene rings is 2. The average Bonchev–Trinajstić information content (AvgIpc) is 3.77. The van der Waals surface area contributed by atoms with Crippen LogP contribution in [0.2, 0.25) is 0 Å². The zero-order chi connectivity index (χ0) is 36.5. The molecule has 2 saturated heterocycles. The van der Waals surface area contributed by atoms with E-state index in [-0.39, 0.29) is 12.1 Å². The molecule has 1 aliphatic carbocycles. The number of carbonyl (C=O) groups is 3. The van der Waals surface area contributed by atoms with Crippen LogP contribution in [0.5, 0.6) is 0 Å². The molecule has 268 valence electrons. The van der Waals surface area contributed by atoms with Crippen molar-refractivity contribution >= 4 is 34.4 Å². The predicted octanol–water partition coefficient (Wildman–Crippen LogP) is 6.81. The van der Waals surface area contributed by atoms with E-state index in [1.807, 2.05) is 36.5 Å². The van der Waals surface area contributed by atoms with Gasteiger partial charge in [0, 0.05) is 78.5 Å². The summed E-state index contributed by atoms with van der Waals surface area (Å²) in [5.74, 6) is -2.36. The van der Waals surface area contributed by atoms with Crippen molar-refractivity contribution in [2.24, 2.45) is 0 Å². The maximum Gasteiger partial charge on any atom is 0.340 e. The van der Waals surface area contributed by atoms with Crippen LogP contribution in [0.1, 0.15) is 72.1 Å². The van der Waals surface area contributed by atoms with Crippen molar-refractivity contribution in [2.45, 2.75) is 69.6 Å². The van der Waals surface area contributed by atoms with E-state index in [2.05, 4.69) is 84.2 Å². The first-order valence-electron chi connectivity index (χ1n) is 17.5. The van der Waals surface area contributed by atoms with E-state index in [0.717, 1.165) is 48.8 Å². The van der Waals surface area contributed by atoms with Gasteiger partial charge in [-0.1, -0.05) is 61.0 Å². The molecule has 51 heavy (non-hydrogen) atoms. The highest BCUT2D eigenvalue weighted by molar-refractivity contribution is 6.04. The third kappa shape index (κ3) is 9.59.